The van der Waals surface area contributed by atoms with Gasteiger partial charge in [0.25, 0.3) is 22.1 Å². The molecule has 1 aliphatic heterocycles. The fraction of sp³-hybridized carbons (Fsp3) is 0.344. The van der Waals surface area contributed by atoms with Crippen LogP contribution in [0.5, 0.6) is 0 Å². The molecule has 0 unspecified atom stereocenters. The van der Waals surface area contributed by atoms with Crippen LogP contribution in [0, 0.1) is 90.1 Å². The molecule has 296 valence electrons. The van der Waals surface area contributed by atoms with E-state index in [1.54, 1.807) is 12.1 Å². The highest BCUT2D eigenvalue weighted by Gasteiger charge is 2.16. The first-order chi connectivity index (χ1) is 26.2. The molecule has 0 radical (unpaired) electrons. The molecule has 0 atom stereocenters. The zero-order valence-electron chi connectivity index (χ0n) is 28.9. The zero-order valence-corrected chi connectivity index (χ0v) is 33.0. The lowest BCUT2D eigenvalue weighted by molar-refractivity contribution is 0.109. The van der Waals surface area contributed by atoms with Crippen molar-refractivity contribution in [2.75, 3.05) is 37.5 Å². The number of nitrogens with zero attached hydrogens (tertiary/aromatic N) is 8. The minimum Gasteiger partial charge on any atom is -0.379 e. The molecule has 5 N–H and O–H groups in total. The highest BCUT2D eigenvalue weighted by molar-refractivity contribution is 9.09. The van der Waals surface area contributed by atoms with Gasteiger partial charge >= 0.3 is 0 Å². The van der Waals surface area contributed by atoms with Crippen molar-refractivity contribution in [3.05, 3.63) is 99.1 Å². The maximum Gasteiger partial charge on any atom is 0.285 e. The van der Waals surface area contributed by atoms with Gasteiger partial charge in [0.2, 0.25) is 0 Å². The summed E-state index contributed by atoms with van der Waals surface area (Å²) in [7, 11) is 0. The smallest absolute Gasteiger partial charge is 0.285 e. The number of rotatable bonds is 5. The third-order valence-corrected chi connectivity index (χ3v) is 8.80. The Labute approximate surface area is 340 Å². The number of hydrogen-bond acceptors (Lipinski definition) is 15. The number of nitriles is 4. The van der Waals surface area contributed by atoms with Crippen LogP contribution < -0.4 is 22.0 Å². The zero-order chi connectivity index (χ0) is 41.5. The van der Waals surface area contributed by atoms with Crippen LogP contribution in [0.1, 0.15) is 46.6 Å². The fourth-order valence-corrected chi connectivity index (χ4v) is 5.59. The van der Waals surface area contributed by atoms with Crippen LogP contribution in [0.4, 0.5) is 13.2 Å². The van der Waals surface area contributed by atoms with E-state index in [2.05, 4.69) is 74.3 Å². The molecule has 0 spiro atoms. The quantitative estimate of drug-likeness (QED) is 0.0537. The summed E-state index contributed by atoms with van der Waals surface area (Å²) in [4.78, 5) is 42.6. The first-order valence-electron chi connectivity index (χ1n) is 14.9. The molecule has 5 rings (SSSR count). The second-order valence-corrected chi connectivity index (χ2v) is 12.8. The van der Waals surface area contributed by atoms with Crippen molar-refractivity contribution in [3.8, 4) is 24.3 Å². The summed E-state index contributed by atoms with van der Waals surface area (Å²) >= 11 is 8.85. The topological polar surface area (TPSA) is 274 Å². The average Bonchev–Trinajstić information content (AvgIpc) is 3.72. The van der Waals surface area contributed by atoms with Gasteiger partial charge in [0.15, 0.2) is 23.3 Å². The molecule has 5 heterocycles. The van der Waals surface area contributed by atoms with E-state index in [1.165, 1.54) is 20.8 Å². The number of aromatic nitrogens is 7. The van der Waals surface area contributed by atoms with Crippen LogP contribution in [0.25, 0.3) is 4.85 Å². The van der Waals surface area contributed by atoms with Gasteiger partial charge in [0.05, 0.1) is 62.6 Å². The van der Waals surface area contributed by atoms with Crippen LogP contribution in [-0.4, -0.2) is 73.1 Å². The van der Waals surface area contributed by atoms with E-state index in [9.17, 15) is 27.6 Å². The van der Waals surface area contributed by atoms with Crippen LogP contribution in [0.15, 0.2) is 29.5 Å². The Bertz CT molecular complexity index is 2290. The van der Waals surface area contributed by atoms with Gasteiger partial charge in [0.1, 0.15) is 18.2 Å². The molecule has 0 aliphatic carbocycles. The highest BCUT2D eigenvalue weighted by Crippen LogP contribution is 2.24. The minimum atomic E-state index is -0.951. The van der Waals surface area contributed by atoms with Crippen molar-refractivity contribution in [3.63, 3.8) is 0 Å². The van der Waals surface area contributed by atoms with Gasteiger partial charge in [-0.25, -0.2) is 19.7 Å². The normalized spacial score (nSPS) is 10.8. The molecule has 0 aromatic carbocycles. The Morgan fingerprint density at radius 2 is 1.29 bits per heavy atom. The summed E-state index contributed by atoms with van der Waals surface area (Å²) < 4.78 is 44.3. The number of aromatic amines is 4. The second-order valence-electron chi connectivity index (χ2n) is 9.85. The van der Waals surface area contributed by atoms with Gasteiger partial charge in [-0.1, -0.05) is 36.2 Å². The molecule has 1 saturated heterocycles. The van der Waals surface area contributed by atoms with Crippen LogP contribution >= 0.6 is 52.1 Å². The van der Waals surface area contributed by atoms with Crippen molar-refractivity contribution in [1.29, 1.82) is 21.0 Å². The van der Waals surface area contributed by atoms with Crippen molar-refractivity contribution >= 4 is 52.1 Å². The lowest BCUT2D eigenvalue weighted by Gasteiger charge is -2.10. The third-order valence-electron chi connectivity index (χ3n) is 6.35. The van der Waals surface area contributed by atoms with Gasteiger partial charge in [-0.15, -0.1) is 22.8 Å². The van der Waals surface area contributed by atoms with E-state index < -0.39 is 34.1 Å². The van der Waals surface area contributed by atoms with Crippen LogP contribution in [0.3, 0.4) is 0 Å². The van der Waals surface area contributed by atoms with Crippen LogP contribution in [-0.2, 0) is 10.5 Å². The van der Waals surface area contributed by atoms with E-state index in [0.717, 1.165) is 49.8 Å². The summed E-state index contributed by atoms with van der Waals surface area (Å²) in [5, 5.41) is 51.6. The number of alkyl halides is 1. The number of pyridine rings is 3. The van der Waals surface area contributed by atoms with Crippen molar-refractivity contribution in [2.45, 2.75) is 49.0 Å². The fourth-order valence-electron chi connectivity index (χ4n) is 3.65. The molecule has 0 saturated carbocycles. The number of thiol groups is 1. The summed E-state index contributed by atoms with van der Waals surface area (Å²) in [6.07, 6.45) is 0. The van der Waals surface area contributed by atoms with Crippen molar-refractivity contribution < 1.29 is 17.9 Å². The van der Waals surface area contributed by atoms with E-state index >= 15 is 0 Å². The second kappa shape index (κ2) is 27.2. The lowest BCUT2D eigenvalue weighted by atomic mass is 10.2. The summed E-state index contributed by atoms with van der Waals surface area (Å²) in [5.41, 5.74) is -1.80. The van der Waals surface area contributed by atoms with Gasteiger partial charge < -0.3 is 29.9 Å². The van der Waals surface area contributed by atoms with E-state index in [4.69, 9.17) is 32.4 Å². The first-order valence-corrected chi connectivity index (χ1v) is 18.5. The molecule has 4 aromatic rings. The summed E-state index contributed by atoms with van der Waals surface area (Å²) in [6.45, 7) is 14.0. The van der Waals surface area contributed by atoms with Gasteiger partial charge in [-0.2, -0.15) is 26.3 Å². The highest BCUT2D eigenvalue weighted by atomic mass is 79.9. The monoisotopic (exact) mass is 895 g/mol. The Hall–Kier alpha value is -5.39. The number of tetrazole rings is 1. The predicted octanol–water partition coefficient (Wildman–Crippen LogP) is 4.29. The maximum absolute atomic E-state index is 13.3. The number of morpholine rings is 1. The molecule has 4 aromatic heterocycles. The van der Waals surface area contributed by atoms with Gasteiger partial charge in [-0.3, -0.25) is 14.4 Å². The van der Waals surface area contributed by atoms with E-state index in [-0.39, 0.29) is 56.6 Å². The third kappa shape index (κ3) is 15.8. The number of thioether (sulfide) groups is 2. The average molecular weight is 897 g/mol. The van der Waals surface area contributed by atoms with E-state index in [0.29, 0.717) is 22.1 Å². The molecular formula is C32H33BrF3N13O4S3. The molecule has 0 bridgehead atoms. The maximum atomic E-state index is 13.3. The minimum absolute atomic E-state index is 0. The molecule has 56 heavy (non-hydrogen) atoms. The standard InChI is InChI=1S/C9H7FN6OS.C9H6FN3OS.C7H5FN2OS.C4H9NO.C2H2BrN.CH4/c1-4-5(2-11)9(12-8(17)7(4)10)18-3-6-13-15-16-14-6;1-5-6(4-12)9(15-3-2-11)13-8(14)7(5)10;1-3-4(2-9)7(12)10-6(11)5(3)8;1-3-6-4-2-5-1;1-4-2-3;/h3H2,1H3,(H,12,17)(H,13,14,15,16);3H2,1H3,(H,13,14);1H3,(H2,10,11,12);5H,1-4H2;2H2;1H4. The number of ether oxygens (including phenoxy) is 1. The number of H-pyrrole nitrogens is 4. The lowest BCUT2D eigenvalue weighted by Crippen LogP contribution is -2.30. The Balaban J connectivity index is 0.000000724. The number of nitrogens with one attached hydrogen (secondary N) is 5. The molecule has 1 fully saturated rings. The van der Waals surface area contributed by atoms with Crippen molar-refractivity contribution in [2.24, 2.45) is 0 Å². The molecular weight excluding hydrogens is 864 g/mol. The van der Waals surface area contributed by atoms with Crippen molar-refractivity contribution in [1.82, 2.24) is 40.9 Å². The summed E-state index contributed by atoms with van der Waals surface area (Å²) in [6, 6.07) is 7.27. The Morgan fingerprint density at radius 1 is 0.839 bits per heavy atom. The Morgan fingerprint density at radius 3 is 1.64 bits per heavy atom. The largest absolute Gasteiger partial charge is 0.379 e. The number of hydrogen-bond donors (Lipinski definition) is 6. The molecule has 17 nitrogen and oxygen atoms in total. The molecule has 24 heteroatoms. The van der Waals surface area contributed by atoms with E-state index in [1.807, 2.05) is 12.1 Å². The Kier molecular flexibility index (Phi) is 24.6. The molecule has 0 amide bonds. The van der Waals surface area contributed by atoms with Crippen LogP contribution in [0.2, 0.25) is 0 Å². The van der Waals surface area contributed by atoms with Gasteiger partial charge in [0, 0.05) is 45.7 Å². The summed E-state index contributed by atoms with van der Waals surface area (Å²) in [5.74, 6) is -1.98. The predicted molar refractivity (Wildman–Crippen MR) is 208 cm³/mol. The van der Waals surface area contributed by atoms with Gasteiger partial charge in [-0.05, 0) is 20.8 Å². The molecule has 1 aliphatic rings. The SMILES string of the molecule is C.C1COCCN1.Cc1c(C#N)c(S)[nH]c(=O)c1F.Cc1c(C#N)c(SCC#N)[nH]c(=O)c1F.Cc1c(C#N)c(SCc2nn[nH]n2)[nH]c(=O)c1F.[C-]#[N+]CBr. The first kappa shape index (κ1) is 50.6. The number of halogens is 4.